The molecule has 4 nitrogen and oxygen atoms in total. The fourth-order valence-electron chi connectivity index (χ4n) is 2.39. The molecule has 0 unspecified atom stereocenters. The van der Waals surface area contributed by atoms with E-state index in [9.17, 15) is 4.79 Å². The third kappa shape index (κ3) is 4.64. The van der Waals surface area contributed by atoms with Gasteiger partial charge in [-0.25, -0.2) is 0 Å². The smallest absolute Gasteiger partial charge is 0.255 e. The average molecular weight is 412 g/mol. The molecule has 0 heterocycles. The predicted octanol–water partition coefficient (Wildman–Crippen LogP) is 5.29. The highest BCUT2D eigenvalue weighted by Crippen LogP contribution is 2.26. The Bertz CT molecular complexity index is 880. The topological polar surface area (TPSA) is 47.6 Å². The van der Waals surface area contributed by atoms with Gasteiger partial charge in [0.25, 0.3) is 5.91 Å². The highest BCUT2D eigenvalue weighted by Gasteiger charge is 2.09. The number of carbonyl (C=O) groups is 1. The zero-order valence-corrected chi connectivity index (χ0v) is 15.8. The van der Waals surface area contributed by atoms with Gasteiger partial charge in [-0.1, -0.05) is 30.3 Å². The van der Waals surface area contributed by atoms with Crippen LogP contribution in [-0.2, 0) is 6.61 Å². The zero-order valence-electron chi connectivity index (χ0n) is 14.2. The lowest BCUT2D eigenvalue weighted by Gasteiger charge is -2.09. The number of ether oxygens (including phenoxy) is 2. The molecular formula is C21H18BrNO3. The van der Waals surface area contributed by atoms with E-state index in [0.717, 1.165) is 15.8 Å². The van der Waals surface area contributed by atoms with Gasteiger partial charge < -0.3 is 14.8 Å². The summed E-state index contributed by atoms with van der Waals surface area (Å²) < 4.78 is 11.7. The first kappa shape index (κ1) is 18.0. The van der Waals surface area contributed by atoms with Crippen molar-refractivity contribution in [1.82, 2.24) is 0 Å². The highest BCUT2D eigenvalue weighted by atomic mass is 79.9. The SMILES string of the molecule is COc1ccc(C(=O)Nc2ccc(OCc3ccccc3)cc2)cc1Br. The Morgan fingerprint density at radius 3 is 2.38 bits per heavy atom. The second-order valence-electron chi connectivity index (χ2n) is 5.60. The van der Waals surface area contributed by atoms with Gasteiger partial charge in [0.15, 0.2) is 0 Å². The standard InChI is InChI=1S/C21H18BrNO3/c1-25-20-12-7-16(13-19(20)22)21(24)23-17-8-10-18(11-9-17)26-14-15-5-3-2-4-6-15/h2-13H,14H2,1H3,(H,23,24). The van der Waals surface area contributed by atoms with Crippen LogP contribution in [0.1, 0.15) is 15.9 Å². The van der Waals surface area contributed by atoms with Gasteiger partial charge in [0.1, 0.15) is 18.1 Å². The van der Waals surface area contributed by atoms with Crippen LogP contribution in [-0.4, -0.2) is 13.0 Å². The van der Waals surface area contributed by atoms with E-state index in [0.29, 0.717) is 23.6 Å². The summed E-state index contributed by atoms with van der Waals surface area (Å²) in [5, 5.41) is 2.87. The molecule has 0 saturated heterocycles. The molecular weight excluding hydrogens is 394 g/mol. The van der Waals surface area contributed by atoms with Crippen LogP contribution in [0.2, 0.25) is 0 Å². The summed E-state index contributed by atoms with van der Waals surface area (Å²) in [6.07, 6.45) is 0. The highest BCUT2D eigenvalue weighted by molar-refractivity contribution is 9.10. The lowest BCUT2D eigenvalue weighted by molar-refractivity contribution is 0.102. The number of hydrogen-bond donors (Lipinski definition) is 1. The first-order valence-corrected chi connectivity index (χ1v) is 8.86. The van der Waals surface area contributed by atoms with Crippen LogP contribution >= 0.6 is 15.9 Å². The Morgan fingerprint density at radius 2 is 1.73 bits per heavy atom. The van der Waals surface area contributed by atoms with Crippen LogP contribution < -0.4 is 14.8 Å². The van der Waals surface area contributed by atoms with Crippen LogP contribution in [0.3, 0.4) is 0 Å². The van der Waals surface area contributed by atoms with Gasteiger partial charge in [-0.15, -0.1) is 0 Å². The molecule has 0 fully saturated rings. The molecule has 0 aliphatic carbocycles. The molecule has 1 amide bonds. The Hall–Kier alpha value is -2.79. The fourth-order valence-corrected chi connectivity index (χ4v) is 2.93. The summed E-state index contributed by atoms with van der Waals surface area (Å²) in [4.78, 5) is 12.4. The van der Waals surface area contributed by atoms with Gasteiger partial charge in [-0.2, -0.15) is 0 Å². The summed E-state index contributed by atoms with van der Waals surface area (Å²) in [6.45, 7) is 0.506. The minimum absolute atomic E-state index is 0.189. The van der Waals surface area contributed by atoms with Crippen LogP contribution in [0.15, 0.2) is 77.3 Å². The average Bonchev–Trinajstić information content (AvgIpc) is 2.68. The lowest BCUT2D eigenvalue weighted by atomic mass is 10.2. The first-order chi connectivity index (χ1) is 12.7. The Balaban J connectivity index is 1.60. The lowest BCUT2D eigenvalue weighted by Crippen LogP contribution is -2.11. The monoisotopic (exact) mass is 411 g/mol. The molecule has 0 aliphatic rings. The number of benzene rings is 3. The van der Waals surface area contributed by atoms with Crippen molar-refractivity contribution >= 4 is 27.5 Å². The predicted molar refractivity (Wildman–Crippen MR) is 106 cm³/mol. The van der Waals surface area contributed by atoms with E-state index in [1.54, 1.807) is 25.3 Å². The molecule has 3 aromatic rings. The Labute approximate surface area is 160 Å². The summed E-state index contributed by atoms with van der Waals surface area (Å²) >= 11 is 3.39. The molecule has 3 rings (SSSR count). The van der Waals surface area contributed by atoms with E-state index >= 15 is 0 Å². The molecule has 0 bridgehead atoms. The van der Waals surface area contributed by atoms with Crippen molar-refractivity contribution in [1.29, 1.82) is 0 Å². The van der Waals surface area contributed by atoms with Crippen molar-refractivity contribution in [3.63, 3.8) is 0 Å². The molecule has 0 spiro atoms. The third-order valence-corrected chi connectivity index (χ3v) is 4.39. The Morgan fingerprint density at radius 1 is 1.00 bits per heavy atom. The van der Waals surface area contributed by atoms with Crippen molar-refractivity contribution in [2.75, 3.05) is 12.4 Å². The Kier molecular flexibility index (Phi) is 5.92. The maximum Gasteiger partial charge on any atom is 0.255 e. The normalized spacial score (nSPS) is 10.2. The summed E-state index contributed by atoms with van der Waals surface area (Å²) in [6, 6.07) is 22.5. The second-order valence-corrected chi connectivity index (χ2v) is 6.46. The second kappa shape index (κ2) is 8.54. The van der Waals surface area contributed by atoms with E-state index in [1.165, 1.54) is 0 Å². The molecule has 0 atom stereocenters. The van der Waals surface area contributed by atoms with Crippen LogP contribution in [0.4, 0.5) is 5.69 Å². The van der Waals surface area contributed by atoms with Crippen LogP contribution in [0, 0.1) is 0 Å². The van der Waals surface area contributed by atoms with Crippen molar-refractivity contribution < 1.29 is 14.3 Å². The third-order valence-electron chi connectivity index (χ3n) is 3.77. The summed E-state index contributed by atoms with van der Waals surface area (Å²) in [5.74, 6) is 1.24. The number of nitrogens with one attached hydrogen (secondary N) is 1. The van der Waals surface area contributed by atoms with Gasteiger partial charge in [-0.3, -0.25) is 4.79 Å². The molecule has 0 aliphatic heterocycles. The van der Waals surface area contributed by atoms with E-state index in [-0.39, 0.29) is 5.91 Å². The molecule has 132 valence electrons. The number of rotatable bonds is 6. The van der Waals surface area contributed by atoms with Gasteiger partial charge in [0.2, 0.25) is 0 Å². The van der Waals surface area contributed by atoms with E-state index in [2.05, 4.69) is 21.2 Å². The number of halogens is 1. The maximum atomic E-state index is 12.4. The van der Waals surface area contributed by atoms with Gasteiger partial charge in [0, 0.05) is 11.3 Å². The molecule has 5 heteroatoms. The van der Waals surface area contributed by atoms with Gasteiger partial charge in [0.05, 0.1) is 11.6 Å². The molecule has 3 aromatic carbocycles. The largest absolute Gasteiger partial charge is 0.496 e. The minimum atomic E-state index is -0.189. The van der Waals surface area contributed by atoms with E-state index in [1.807, 2.05) is 54.6 Å². The number of anilines is 1. The minimum Gasteiger partial charge on any atom is -0.496 e. The first-order valence-electron chi connectivity index (χ1n) is 8.07. The van der Waals surface area contributed by atoms with E-state index in [4.69, 9.17) is 9.47 Å². The molecule has 0 saturated carbocycles. The van der Waals surface area contributed by atoms with Crippen molar-refractivity contribution in [2.45, 2.75) is 6.61 Å². The van der Waals surface area contributed by atoms with Crippen molar-refractivity contribution in [2.24, 2.45) is 0 Å². The molecule has 1 N–H and O–H groups in total. The zero-order chi connectivity index (χ0) is 18.4. The van der Waals surface area contributed by atoms with Crippen molar-refractivity contribution in [3.05, 3.63) is 88.4 Å². The summed E-state index contributed by atoms with van der Waals surface area (Å²) in [7, 11) is 1.58. The summed E-state index contributed by atoms with van der Waals surface area (Å²) in [5.41, 5.74) is 2.35. The van der Waals surface area contributed by atoms with Crippen molar-refractivity contribution in [3.8, 4) is 11.5 Å². The van der Waals surface area contributed by atoms with Gasteiger partial charge >= 0.3 is 0 Å². The molecule has 26 heavy (non-hydrogen) atoms. The fraction of sp³-hybridized carbons (Fsp3) is 0.0952. The van der Waals surface area contributed by atoms with Crippen LogP contribution in [0.25, 0.3) is 0 Å². The number of methoxy groups -OCH3 is 1. The van der Waals surface area contributed by atoms with E-state index < -0.39 is 0 Å². The number of amides is 1. The van der Waals surface area contributed by atoms with Gasteiger partial charge in [-0.05, 0) is 64.0 Å². The molecule has 0 radical (unpaired) electrons. The van der Waals surface area contributed by atoms with Crippen LogP contribution in [0.5, 0.6) is 11.5 Å². The quantitative estimate of drug-likeness (QED) is 0.599. The number of carbonyl (C=O) groups excluding carboxylic acids is 1. The molecule has 0 aromatic heterocycles. The number of hydrogen-bond acceptors (Lipinski definition) is 3. The maximum absolute atomic E-state index is 12.4.